The molecule has 0 spiro atoms. The van der Waals surface area contributed by atoms with E-state index in [0.29, 0.717) is 23.8 Å². The molecule has 1 amide bonds. The van der Waals surface area contributed by atoms with Crippen LogP contribution in [0.4, 0.5) is 5.69 Å². The van der Waals surface area contributed by atoms with Crippen molar-refractivity contribution in [2.45, 2.75) is 19.6 Å². The van der Waals surface area contributed by atoms with Gasteiger partial charge in [0.25, 0.3) is 5.91 Å². The maximum absolute atomic E-state index is 12.4. The standard InChI is InChI=1S/C23H23NO4/c1-17(28-22-11-7-6-10-21(22)26-2)23(25)24-19-12-14-20(15-13-19)27-16-18-8-4-3-5-9-18/h3-15,17H,16H2,1-2H3,(H,24,25)/t17-/m1/s1. The second kappa shape index (κ2) is 9.46. The zero-order valence-electron chi connectivity index (χ0n) is 15.9. The largest absolute Gasteiger partial charge is 0.493 e. The molecule has 1 N–H and O–H groups in total. The first-order valence-corrected chi connectivity index (χ1v) is 9.03. The van der Waals surface area contributed by atoms with Gasteiger partial charge >= 0.3 is 0 Å². The smallest absolute Gasteiger partial charge is 0.265 e. The van der Waals surface area contributed by atoms with Gasteiger partial charge in [0, 0.05) is 5.69 Å². The second-order valence-electron chi connectivity index (χ2n) is 6.20. The first kappa shape index (κ1) is 19.3. The molecule has 0 aliphatic carbocycles. The van der Waals surface area contributed by atoms with Gasteiger partial charge in [-0.05, 0) is 48.9 Å². The zero-order chi connectivity index (χ0) is 19.8. The van der Waals surface area contributed by atoms with E-state index >= 15 is 0 Å². The first-order valence-electron chi connectivity index (χ1n) is 9.03. The van der Waals surface area contributed by atoms with E-state index in [1.165, 1.54) is 0 Å². The third-order valence-corrected chi connectivity index (χ3v) is 4.11. The number of rotatable bonds is 8. The van der Waals surface area contributed by atoms with Crippen molar-refractivity contribution >= 4 is 11.6 Å². The van der Waals surface area contributed by atoms with Gasteiger partial charge in [-0.3, -0.25) is 4.79 Å². The van der Waals surface area contributed by atoms with Gasteiger partial charge in [-0.15, -0.1) is 0 Å². The first-order chi connectivity index (χ1) is 13.7. The molecule has 1 atom stereocenters. The van der Waals surface area contributed by atoms with Gasteiger partial charge in [0.05, 0.1) is 7.11 Å². The monoisotopic (exact) mass is 377 g/mol. The lowest BCUT2D eigenvalue weighted by molar-refractivity contribution is -0.122. The fourth-order valence-corrected chi connectivity index (χ4v) is 2.58. The van der Waals surface area contributed by atoms with Crippen molar-refractivity contribution in [2.75, 3.05) is 12.4 Å². The fraction of sp³-hybridized carbons (Fsp3) is 0.174. The molecule has 0 heterocycles. The van der Waals surface area contributed by atoms with E-state index < -0.39 is 6.10 Å². The van der Waals surface area contributed by atoms with E-state index in [2.05, 4.69) is 5.32 Å². The van der Waals surface area contributed by atoms with E-state index in [0.717, 1.165) is 11.3 Å². The Bertz CT molecular complexity index is 894. The van der Waals surface area contributed by atoms with Crippen LogP contribution in [0.5, 0.6) is 17.2 Å². The van der Waals surface area contributed by atoms with Gasteiger partial charge in [0.1, 0.15) is 12.4 Å². The Balaban J connectivity index is 1.53. The molecule has 0 aliphatic heterocycles. The number of amides is 1. The minimum atomic E-state index is -0.676. The molecule has 0 bridgehead atoms. The molecule has 0 aliphatic rings. The average molecular weight is 377 g/mol. The van der Waals surface area contributed by atoms with Crippen LogP contribution in [0.2, 0.25) is 0 Å². The summed E-state index contributed by atoms with van der Waals surface area (Å²) in [6, 6.07) is 24.4. The third-order valence-electron chi connectivity index (χ3n) is 4.11. The summed E-state index contributed by atoms with van der Waals surface area (Å²) in [5, 5.41) is 2.84. The molecule has 28 heavy (non-hydrogen) atoms. The minimum absolute atomic E-state index is 0.246. The van der Waals surface area contributed by atoms with Crippen molar-refractivity contribution in [3.63, 3.8) is 0 Å². The number of anilines is 1. The highest BCUT2D eigenvalue weighted by Crippen LogP contribution is 2.27. The molecule has 3 aromatic carbocycles. The Kier molecular flexibility index (Phi) is 6.52. The third kappa shape index (κ3) is 5.27. The summed E-state index contributed by atoms with van der Waals surface area (Å²) in [7, 11) is 1.56. The molecule has 0 fully saturated rings. The molecular weight excluding hydrogens is 354 g/mol. The van der Waals surface area contributed by atoms with E-state index in [9.17, 15) is 4.79 Å². The molecule has 3 rings (SSSR count). The molecule has 0 saturated heterocycles. The summed E-state index contributed by atoms with van der Waals surface area (Å²) in [6.07, 6.45) is -0.676. The Labute approximate surface area is 164 Å². The number of para-hydroxylation sites is 2. The van der Waals surface area contributed by atoms with Crippen molar-refractivity contribution in [3.8, 4) is 17.2 Å². The molecule has 144 valence electrons. The van der Waals surface area contributed by atoms with Gasteiger partial charge in [0.15, 0.2) is 17.6 Å². The number of hydrogen-bond donors (Lipinski definition) is 1. The van der Waals surface area contributed by atoms with Crippen LogP contribution in [0.25, 0.3) is 0 Å². The van der Waals surface area contributed by atoms with Crippen molar-refractivity contribution in [2.24, 2.45) is 0 Å². The zero-order valence-corrected chi connectivity index (χ0v) is 15.9. The highest BCUT2D eigenvalue weighted by atomic mass is 16.5. The fourth-order valence-electron chi connectivity index (χ4n) is 2.58. The number of carbonyl (C=O) groups excluding carboxylic acids is 1. The van der Waals surface area contributed by atoms with Crippen molar-refractivity contribution < 1.29 is 19.0 Å². The van der Waals surface area contributed by atoms with Crippen LogP contribution >= 0.6 is 0 Å². The van der Waals surface area contributed by atoms with Gasteiger partial charge in [-0.2, -0.15) is 0 Å². The topological polar surface area (TPSA) is 56.8 Å². The van der Waals surface area contributed by atoms with Crippen molar-refractivity contribution in [1.82, 2.24) is 0 Å². The molecule has 0 radical (unpaired) electrons. The maximum atomic E-state index is 12.4. The van der Waals surface area contributed by atoms with Crippen LogP contribution in [0.15, 0.2) is 78.9 Å². The quantitative estimate of drug-likeness (QED) is 0.619. The molecule has 3 aromatic rings. The van der Waals surface area contributed by atoms with Crippen LogP contribution in [0, 0.1) is 0 Å². The summed E-state index contributed by atoms with van der Waals surface area (Å²) in [5.41, 5.74) is 1.77. The lowest BCUT2D eigenvalue weighted by atomic mass is 10.2. The van der Waals surface area contributed by atoms with Crippen molar-refractivity contribution in [3.05, 3.63) is 84.4 Å². The van der Waals surface area contributed by atoms with Crippen LogP contribution in [0.3, 0.4) is 0 Å². The number of nitrogens with one attached hydrogen (secondary N) is 1. The Morgan fingerprint density at radius 3 is 2.21 bits per heavy atom. The average Bonchev–Trinajstić information content (AvgIpc) is 2.74. The molecular formula is C23H23NO4. The number of ether oxygens (including phenoxy) is 3. The maximum Gasteiger partial charge on any atom is 0.265 e. The summed E-state index contributed by atoms with van der Waals surface area (Å²) >= 11 is 0. The highest BCUT2D eigenvalue weighted by molar-refractivity contribution is 5.94. The number of methoxy groups -OCH3 is 1. The number of benzene rings is 3. The van der Waals surface area contributed by atoms with E-state index in [4.69, 9.17) is 14.2 Å². The minimum Gasteiger partial charge on any atom is -0.493 e. The van der Waals surface area contributed by atoms with Gasteiger partial charge in [-0.25, -0.2) is 0 Å². The summed E-state index contributed by atoms with van der Waals surface area (Å²) in [6.45, 7) is 2.19. The molecule has 0 aromatic heterocycles. The molecule has 5 heteroatoms. The predicted molar refractivity (Wildman–Crippen MR) is 109 cm³/mol. The second-order valence-corrected chi connectivity index (χ2v) is 6.20. The lowest BCUT2D eigenvalue weighted by Gasteiger charge is -2.16. The van der Waals surface area contributed by atoms with Crippen LogP contribution in [-0.2, 0) is 11.4 Å². The van der Waals surface area contributed by atoms with E-state index in [1.807, 2.05) is 54.6 Å². The van der Waals surface area contributed by atoms with Gasteiger partial charge < -0.3 is 19.5 Å². The SMILES string of the molecule is COc1ccccc1O[C@H](C)C(=O)Nc1ccc(OCc2ccccc2)cc1. The molecule has 0 unspecified atom stereocenters. The summed E-state index contributed by atoms with van der Waals surface area (Å²) < 4.78 is 16.7. The van der Waals surface area contributed by atoms with Crippen LogP contribution in [0.1, 0.15) is 12.5 Å². The lowest BCUT2D eigenvalue weighted by Crippen LogP contribution is -2.30. The molecule has 5 nitrogen and oxygen atoms in total. The number of hydrogen-bond acceptors (Lipinski definition) is 4. The Morgan fingerprint density at radius 1 is 0.893 bits per heavy atom. The van der Waals surface area contributed by atoms with E-state index in [1.54, 1.807) is 38.3 Å². The van der Waals surface area contributed by atoms with Gasteiger partial charge in [-0.1, -0.05) is 42.5 Å². The summed E-state index contributed by atoms with van der Waals surface area (Å²) in [5.74, 6) is 1.60. The Morgan fingerprint density at radius 2 is 1.54 bits per heavy atom. The van der Waals surface area contributed by atoms with E-state index in [-0.39, 0.29) is 5.91 Å². The molecule has 0 saturated carbocycles. The van der Waals surface area contributed by atoms with Crippen LogP contribution < -0.4 is 19.5 Å². The van der Waals surface area contributed by atoms with Crippen molar-refractivity contribution in [1.29, 1.82) is 0 Å². The van der Waals surface area contributed by atoms with Crippen LogP contribution in [-0.4, -0.2) is 19.1 Å². The highest BCUT2D eigenvalue weighted by Gasteiger charge is 2.16. The number of carbonyl (C=O) groups is 1. The Hall–Kier alpha value is -3.47. The normalized spacial score (nSPS) is 11.4. The summed E-state index contributed by atoms with van der Waals surface area (Å²) in [4.78, 5) is 12.4. The van der Waals surface area contributed by atoms with Gasteiger partial charge in [0.2, 0.25) is 0 Å². The predicted octanol–water partition coefficient (Wildman–Crippen LogP) is 4.68.